The van der Waals surface area contributed by atoms with Crippen LogP contribution in [0.4, 0.5) is 0 Å². The molecule has 0 fully saturated rings. The molecule has 0 bridgehead atoms. The SMILES string of the molecule is c1ccc([Si](c2ccccc2)(c2ccccc2)c2ccccc2-n2c3ccccc3c3cccc(-c4cccc5oc6c(-n7c8ccccc8c8cc(-n9c%10ccccc%10c%10ccccc%109)ccc87)cccc6c45)c32)cc1. The lowest BCUT2D eigenvalue weighted by Crippen LogP contribution is -2.75. The Morgan fingerprint density at radius 3 is 1.36 bits per heavy atom. The first-order valence-electron chi connectivity index (χ1n) is 26.5. The summed E-state index contributed by atoms with van der Waals surface area (Å²) in [5.41, 5.74) is 14.3. The average Bonchev–Trinajstić information content (AvgIpc) is 4.47. The molecule has 0 radical (unpaired) electrons. The van der Waals surface area contributed by atoms with Crippen LogP contribution in [0.3, 0.4) is 0 Å². The van der Waals surface area contributed by atoms with Crippen LogP contribution >= 0.6 is 0 Å². The van der Waals surface area contributed by atoms with Gasteiger partial charge in [-0.3, -0.25) is 0 Å². The maximum Gasteiger partial charge on any atom is 0.181 e. The van der Waals surface area contributed by atoms with E-state index in [1.807, 2.05) is 0 Å². The van der Waals surface area contributed by atoms with Crippen LogP contribution in [0.15, 0.2) is 290 Å². The number of hydrogen-bond acceptors (Lipinski definition) is 1. The van der Waals surface area contributed by atoms with E-state index in [0.29, 0.717) is 0 Å². The number of furan rings is 1. The monoisotopic (exact) mass is 997 g/mol. The van der Waals surface area contributed by atoms with Crippen molar-refractivity contribution >= 4 is 116 Å². The van der Waals surface area contributed by atoms with E-state index in [4.69, 9.17) is 4.42 Å². The minimum absolute atomic E-state index is 0.850. The van der Waals surface area contributed by atoms with E-state index in [2.05, 4.69) is 299 Å². The maximum absolute atomic E-state index is 7.22. The fourth-order valence-electron chi connectivity index (χ4n) is 13.3. The molecule has 5 heteroatoms. The van der Waals surface area contributed by atoms with Gasteiger partial charge in [-0.05, 0) is 87.0 Å². The highest BCUT2D eigenvalue weighted by Crippen LogP contribution is 2.45. The first kappa shape index (κ1) is 43.5. The molecule has 0 atom stereocenters. The van der Waals surface area contributed by atoms with Crippen molar-refractivity contribution < 1.29 is 4.42 Å². The number of aromatic nitrogens is 3. The highest BCUT2D eigenvalue weighted by Gasteiger charge is 2.43. The predicted octanol–water partition coefficient (Wildman–Crippen LogP) is 15.9. The fraction of sp³-hybridized carbons (Fsp3) is 0. The van der Waals surface area contributed by atoms with Gasteiger partial charge < -0.3 is 18.1 Å². The number of para-hydroxylation sites is 7. The molecule has 16 aromatic rings. The number of benzene rings is 12. The molecule has 0 aliphatic rings. The van der Waals surface area contributed by atoms with E-state index in [1.165, 1.54) is 75.3 Å². The van der Waals surface area contributed by atoms with Gasteiger partial charge in [-0.1, -0.05) is 224 Å². The van der Waals surface area contributed by atoms with Crippen molar-refractivity contribution in [2.75, 3.05) is 0 Å². The van der Waals surface area contributed by atoms with Crippen LogP contribution in [0.2, 0.25) is 0 Å². The van der Waals surface area contributed by atoms with Crippen molar-refractivity contribution in [1.82, 2.24) is 13.7 Å². The minimum atomic E-state index is -2.99. The third-order valence-corrected chi connectivity index (χ3v) is 21.2. The predicted molar refractivity (Wildman–Crippen MR) is 326 cm³/mol. The van der Waals surface area contributed by atoms with Gasteiger partial charge in [0, 0.05) is 60.0 Å². The zero-order chi connectivity index (χ0) is 50.6. The Hall–Kier alpha value is -9.94. The van der Waals surface area contributed by atoms with Gasteiger partial charge >= 0.3 is 0 Å². The highest BCUT2D eigenvalue weighted by atomic mass is 28.3. The number of fused-ring (bicyclic) bond motifs is 12. The van der Waals surface area contributed by atoms with E-state index in [-0.39, 0.29) is 0 Å². The lowest BCUT2D eigenvalue weighted by Gasteiger charge is -2.36. The molecule has 0 spiro atoms. The molecule has 0 aliphatic carbocycles. The molecule has 16 rings (SSSR count). The summed E-state index contributed by atoms with van der Waals surface area (Å²) in [4.78, 5) is 0. The van der Waals surface area contributed by atoms with Gasteiger partial charge in [-0.15, -0.1) is 0 Å². The van der Waals surface area contributed by atoms with Gasteiger partial charge in [-0.25, -0.2) is 0 Å². The number of nitrogens with zero attached hydrogens (tertiary/aromatic N) is 3. The summed E-state index contributed by atoms with van der Waals surface area (Å²) < 4.78 is 14.6. The first-order valence-corrected chi connectivity index (χ1v) is 28.5. The Bertz CT molecular complexity index is 4840. The summed E-state index contributed by atoms with van der Waals surface area (Å²) in [6.45, 7) is 0. The maximum atomic E-state index is 7.22. The van der Waals surface area contributed by atoms with Crippen molar-refractivity contribution in [2.24, 2.45) is 0 Å². The van der Waals surface area contributed by atoms with Crippen LogP contribution in [0, 0.1) is 0 Å². The number of rotatable bonds is 8. The average molecular weight is 998 g/mol. The van der Waals surface area contributed by atoms with Crippen LogP contribution in [-0.4, -0.2) is 21.8 Å². The fourth-order valence-corrected chi connectivity index (χ4v) is 18.2. The number of hydrogen-bond donors (Lipinski definition) is 0. The molecule has 360 valence electrons. The largest absolute Gasteiger partial charge is 0.454 e. The highest BCUT2D eigenvalue weighted by molar-refractivity contribution is 7.20. The van der Waals surface area contributed by atoms with Gasteiger partial charge in [0.2, 0.25) is 0 Å². The van der Waals surface area contributed by atoms with Gasteiger partial charge in [0.1, 0.15) is 5.58 Å². The zero-order valence-corrected chi connectivity index (χ0v) is 42.9. The molecular weight excluding hydrogens is 951 g/mol. The molecule has 0 saturated carbocycles. The Labute approximate surface area is 445 Å². The lowest BCUT2D eigenvalue weighted by molar-refractivity contribution is 0.666. The first-order chi connectivity index (χ1) is 38.3. The minimum Gasteiger partial charge on any atom is -0.454 e. The van der Waals surface area contributed by atoms with E-state index < -0.39 is 8.07 Å². The lowest BCUT2D eigenvalue weighted by atomic mass is 9.97. The van der Waals surface area contributed by atoms with Gasteiger partial charge in [-0.2, -0.15) is 0 Å². The van der Waals surface area contributed by atoms with Crippen LogP contribution in [0.25, 0.3) is 116 Å². The summed E-state index contributed by atoms with van der Waals surface area (Å²) >= 11 is 0. The van der Waals surface area contributed by atoms with Gasteiger partial charge in [0.05, 0.1) is 38.8 Å². The second-order valence-electron chi connectivity index (χ2n) is 20.3. The molecule has 0 amide bonds. The van der Waals surface area contributed by atoms with Gasteiger partial charge in [0.15, 0.2) is 13.7 Å². The Kier molecular flexibility index (Phi) is 9.62. The van der Waals surface area contributed by atoms with Crippen molar-refractivity contribution in [3.63, 3.8) is 0 Å². The zero-order valence-electron chi connectivity index (χ0n) is 41.9. The van der Waals surface area contributed by atoms with Crippen LogP contribution < -0.4 is 20.7 Å². The summed E-state index contributed by atoms with van der Waals surface area (Å²) in [5.74, 6) is 0. The van der Waals surface area contributed by atoms with Crippen molar-refractivity contribution in [2.45, 2.75) is 0 Å². The Morgan fingerprint density at radius 2 is 0.727 bits per heavy atom. The summed E-state index contributed by atoms with van der Waals surface area (Å²) in [6, 6.07) is 105. The second kappa shape index (κ2) is 17.0. The molecule has 0 N–H and O–H groups in total. The molecular formula is C72H47N3OSi. The normalized spacial score (nSPS) is 12.2. The molecule has 77 heavy (non-hydrogen) atoms. The Balaban J connectivity index is 0.939. The van der Waals surface area contributed by atoms with Crippen molar-refractivity contribution in [1.29, 1.82) is 0 Å². The van der Waals surface area contributed by atoms with Crippen molar-refractivity contribution in [3.8, 4) is 28.2 Å². The van der Waals surface area contributed by atoms with E-state index >= 15 is 0 Å². The summed E-state index contributed by atoms with van der Waals surface area (Å²) in [5, 5.41) is 14.8. The third-order valence-electron chi connectivity index (χ3n) is 16.4. The van der Waals surface area contributed by atoms with Crippen molar-refractivity contribution in [3.05, 3.63) is 285 Å². The molecule has 12 aromatic carbocycles. The molecule has 0 unspecified atom stereocenters. The Morgan fingerprint density at radius 1 is 0.286 bits per heavy atom. The topological polar surface area (TPSA) is 27.9 Å². The van der Waals surface area contributed by atoms with Crippen LogP contribution in [0.5, 0.6) is 0 Å². The smallest absolute Gasteiger partial charge is 0.181 e. The third kappa shape index (κ3) is 6.26. The molecule has 0 aliphatic heterocycles. The quantitative estimate of drug-likeness (QED) is 0.110. The molecule has 4 aromatic heterocycles. The van der Waals surface area contributed by atoms with Crippen LogP contribution in [0.1, 0.15) is 0 Å². The van der Waals surface area contributed by atoms with E-state index in [1.54, 1.807) is 0 Å². The van der Waals surface area contributed by atoms with Gasteiger partial charge in [0.25, 0.3) is 0 Å². The van der Waals surface area contributed by atoms with Crippen LogP contribution in [-0.2, 0) is 0 Å². The molecule has 4 nitrogen and oxygen atoms in total. The summed E-state index contributed by atoms with van der Waals surface area (Å²) in [7, 11) is -2.99. The molecule has 4 heterocycles. The second-order valence-corrected chi connectivity index (χ2v) is 24.0. The summed E-state index contributed by atoms with van der Waals surface area (Å²) in [6.07, 6.45) is 0. The van der Waals surface area contributed by atoms with E-state index in [0.717, 1.165) is 61.0 Å². The standard InChI is InChI=1S/C72H47N3OSi/c1-4-23-49(24-5-1)77(50-25-6-2-7-26-50,51-27-8-3-9-28-51)69-44-19-18-41-66(69)75-64-40-17-12-31-54(64)57-34-20-35-58(71(57)75)56-33-22-43-68-70(56)59-36-21-42-67(72(59)76-68)74-63-39-16-13-32-55(63)60-47-48(45-46-65(60)74)73-61-37-14-10-29-52(61)53-30-11-15-38-62(53)73/h1-47H. The molecule has 0 saturated heterocycles. The van der Waals surface area contributed by atoms with E-state index in [9.17, 15) is 0 Å².